The molecule has 0 aliphatic heterocycles. The number of nitrogen functional groups attached to an aromatic ring is 1. The summed E-state index contributed by atoms with van der Waals surface area (Å²) < 4.78 is 3.01. The average molecular weight is 426 g/mol. The van der Waals surface area contributed by atoms with Gasteiger partial charge in [0.1, 0.15) is 0 Å². The van der Waals surface area contributed by atoms with Crippen molar-refractivity contribution in [2.45, 2.75) is 57.7 Å². The van der Waals surface area contributed by atoms with Gasteiger partial charge in [-0.25, -0.2) is 9.36 Å². The average Bonchev–Trinajstić information content (AvgIpc) is 3.26. The third-order valence-electron chi connectivity index (χ3n) is 5.43. The van der Waals surface area contributed by atoms with E-state index in [9.17, 15) is 4.79 Å². The summed E-state index contributed by atoms with van der Waals surface area (Å²) in [7, 11) is 0. The van der Waals surface area contributed by atoms with Gasteiger partial charge in [0, 0.05) is 5.69 Å². The lowest BCUT2D eigenvalue weighted by Gasteiger charge is -2.20. The van der Waals surface area contributed by atoms with Crippen LogP contribution in [0.25, 0.3) is 5.95 Å². The Labute approximate surface area is 180 Å². The van der Waals surface area contributed by atoms with Crippen LogP contribution in [0.3, 0.4) is 0 Å². The van der Waals surface area contributed by atoms with Crippen molar-refractivity contribution in [2.75, 3.05) is 11.6 Å². The summed E-state index contributed by atoms with van der Waals surface area (Å²) in [5, 5.41) is 16.1. The van der Waals surface area contributed by atoms with Gasteiger partial charge in [0.25, 0.3) is 5.95 Å². The van der Waals surface area contributed by atoms with E-state index in [-0.39, 0.29) is 17.7 Å². The third kappa shape index (κ3) is 4.21. The quantitative estimate of drug-likeness (QED) is 0.465. The Balaban J connectivity index is 1.36. The number of carbonyl (C=O) groups excluding carboxylic acids is 1. The first-order valence-corrected chi connectivity index (χ1v) is 11.2. The molecule has 0 saturated carbocycles. The molecule has 1 amide bonds. The number of carbonyl (C=O) groups is 1. The second-order valence-corrected chi connectivity index (χ2v) is 8.75. The van der Waals surface area contributed by atoms with Crippen LogP contribution in [0.15, 0.2) is 29.4 Å². The first kappa shape index (κ1) is 20.5. The van der Waals surface area contributed by atoms with E-state index in [0.717, 1.165) is 29.8 Å². The maximum Gasteiger partial charge on any atom is 0.271 e. The minimum Gasteiger partial charge on any atom is -0.349 e. The van der Waals surface area contributed by atoms with E-state index in [1.54, 1.807) is 4.68 Å². The Morgan fingerprint density at radius 1 is 1.20 bits per heavy atom. The maximum absolute atomic E-state index is 12.5. The van der Waals surface area contributed by atoms with Crippen LogP contribution in [0.5, 0.6) is 0 Å². The number of amides is 1. The molecule has 0 bridgehead atoms. The van der Waals surface area contributed by atoms with E-state index >= 15 is 0 Å². The highest BCUT2D eigenvalue weighted by Gasteiger charge is 2.18. The molecule has 0 saturated heterocycles. The third-order valence-corrected chi connectivity index (χ3v) is 6.37. The zero-order valence-corrected chi connectivity index (χ0v) is 18.4. The van der Waals surface area contributed by atoms with Crippen molar-refractivity contribution in [2.24, 2.45) is 0 Å². The molecular formula is C21H27N7OS. The summed E-state index contributed by atoms with van der Waals surface area (Å²) in [6, 6.07) is 8.46. The Kier molecular flexibility index (Phi) is 5.80. The molecule has 1 atom stereocenters. The van der Waals surface area contributed by atoms with Gasteiger partial charge in [-0.15, -0.1) is 10.2 Å². The topological polar surface area (TPSA) is 104 Å². The van der Waals surface area contributed by atoms with Gasteiger partial charge in [0.05, 0.1) is 17.5 Å². The molecule has 3 N–H and O–H groups in total. The number of aryl methyl sites for hydroxylation is 4. The van der Waals surface area contributed by atoms with E-state index in [0.29, 0.717) is 11.1 Å². The number of nitrogens with one attached hydrogen (secondary N) is 1. The Bertz CT molecular complexity index is 1070. The number of fused-ring (bicyclic) bond motifs is 1. The molecule has 9 heteroatoms. The number of nitrogens with two attached hydrogens (primary N) is 1. The number of hydrogen-bond acceptors (Lipinski definition) is 6. The zero-order valence-electron chi connectivity index (χ0n) is 17.6. The fourth-order valence-corrected chi connectivity index (χ4v) is 4.53. The molecule has 1 aromatic carbocycles. The minimum absolute atomic E-state index is 0.0497. The molecule has 4 rings (SSSR count). The second kappa shape index (κ2) is 8.51. The number of thioether (sulfide) groups is 1. The molecule has 2 aromatic heterocycles. The highest BCUT2D eigenvalue weighted by Crippen LogP contribution is 2.25. The molecule has 0 unspecified atom stereocenters. The SMILES string of the molecule is Cc1cc(C)n(-c2nnc(SCC(=O)N[C@@H](C)c3ccc4c(c3)CCCC4)n2N)n1. The van der Waals surface area contributed by atoms with Crippen LogP contribution < -0.4 is 11.2 Å². The molecule has 3 aromatic rings. The first-order valence-electron chi connectivity index (χ1n) is 10.2. The summed E-state index contributed by atoms with van der Waals surface area (Å²) in [4.78, 5) is 12.5. The van der Waals surface area contributed by atoms with Crippen molar-refractivity contribution in [3.05, 3.63) is 52.3 Å². The van der Waals surface area contributed by atoms with Gasteiger partial charge < -0.3 is 11.2 Å². The van der Waals surface area contributed by atoms with Crippen LogP contribution in [-0.4, -0.2) is 36.3 Å². The van der Waals surface area contributed by atoms with Gasteiger partial charge in [0.15, 0.2) is 0 Å². The minimum atomic E-state index is -0.0686. The van der Waals surface area contributed by atoms with Gasteiger partial charge in [-0.2, -0.15) is 5.10 Å². The molecule has 158 valence electrons. The van der Waals surface area contributed by atoms with Crippen LogP contribution in [0.2, 0.25) is 0 Å². The van der Waals surface area contributed by atoms with Gasteiger partial charge in [0.2, 0.25) is 11.1 Å². The van der Waals surface area contributed by atoms with Crippen LogP contribution in [-0.2, 0) is 17.6 Å². The first-order chi connectivity index (χ1) is 14.4. The van der Waals surface area contributed by atoms with E-state index in [4.69, 9.17) is 5.84 Å². The van der Waals surface area contributed by atoms with Crippen molar-refractivity contribution in [3.63, 3.8) is 0 Å². The monoisotopic (exact) mass is 425 g/mol. The summed E-state index contributed by atoms with van der Waals surface area (Å²) >= 11 is 1.25. The van der Waals surface area contributed by atoms with Crippen molar-refractivity contribution in [3.8, 4) is 5.95 Å². The van der Waals surface area contributed by atoms with E-state index in [2.05, 4.69) is 38.8 Å². The van der Waals surface area contributed by atoms with Crippen molar-refractivity contribution in [1.29, 1.82) is 0 Å². The Morgan fingerprint density at radius 2 is 1.97 bits per heavy atom. The molecule has 1 aliphatic carbocycles. The molecule has 0 spiro atoms. The van der Waals surface area contributed by atoms with Crippen molar-refractivity contribution in [1.82, 2.24) is 30.0 Å². The predicted molar refractivity (Wildman–Crippen MR) is 117 cm³/mol. The molecule has 8 nitrogen and oxygen atoms in total. The summed E-state index contributed by atoms with van der Waals surface area (Å²) in [5.41, 5.74) is 5.80. The van der Waals surface area contributed by atoms with Gasteiger partial charge in [-0.1, -0.05) is 30.0 Å². The normalized spacial score (nSPS) is 14.4. The standard InChI is InChI=1S/C21H27N7OS/c1-13-10-14(2)28(26-13)20-24-25-21(27(20)22)30-12-19(29)23-15(3)17-9-8-16-6-4-5-7-18(16)11-17/h8-11,15H,4-7,12,22H2,1-3H3,(H,23,29)/t15-/m0/s1. The van der Waals surface area contributed by atoms with Crippen LogP contribution in [0, 0.1) is 13.8 Å². The smallest absolute Gasteiger partial charge is 0.271 e. The number of rotatable bonds is 6. The second-order valence-electron chi connectivity index (χ2n) is 7.80. The largest absolute Gasteiger partial charge is 0.349 e. The molecule has 2 heterocycles. The molecule has 30 heavy (non-hydrogen) atoms. The molecule has 1 aliphatic rings. The molecule has 0 radical (unpaired) electrons. The lowest BCUT2D eigenvalue weighted by Crippen LogP contribution is -2.28. The predicted octanol–water partition coefficient (Wildman–Crippen LogP) is 2.64. The van der Waals surface area contributed by atoms with Crippen molar-refractivity contribution < 1.29 is 4.79 Å². The van der Waals surface area contributed by atoms with Crippen molar-refractivity contribution >= 4 is 17.7 Å². The maximum atomic E-state index is 12.5. The van der Waals surface area contributed by atoms with Crippen LogP contribution in [0.1, 0.15) is 53.9 Å². The summed E-state index contributed by atoms with van der Waals surface area (Å²) in [6.45, 7) is 5.85. The van der Waals surface area contributed by atoms with E-state index < -0.39 is 0 Å². The highest BCUT2D eigenvalue weighted by molar-refractivity contribution is 7.99. The van der Waals surface area contributed by atoms with Gasteiger partial charge in [-0.3, -0.25) is 4.79 Å². The molecular weight excluding hydrogens is 398 g/mol. The van der Waals surface area contributed by atoms with Crippen LogP contribution >= 0.6 is 11.8 Å². The van der Waals surface area contributed by atoms with Gasteiger partial charge >= 0.3 is 0 Å². The lowest BCUT2D eigenvalue weighted by molar-refractivity contribution is -0.119. The van der Waals surface area contributed by atoms with E-state index in [1.807, 2.05) is 26.8 Å². The lowest BCUT2D eigenvalue weighted by atomic mass is 9.89. The molecule has 0 fully saturated rings. The van der Waals surface area contributed by atoms with E-state index in [1.165, 1.54) is 40.4 Å². The number of hydrogen-bond donors (Lipinski definition) is 2. The summed E-state index contributed by atoms with van der Waals surface area (Å²) in [5.74, 6) is 6.70. The number of benzene rings is 1. The number of nitrogens with zero attached hydrogens (tertiary/aromatic N) is 5. The van der Waals surface area contributed by atoms with Gasteiger partial charge in [-0.05, 0) is 69.2 Å². The van der Waals surface area contributed by atoms with Crippen LogP contribution in [0.4, 0.5) is 0 Å². The number of aromatic nitrogens is 5. The fourth-order valence-electron chi connectivity index (χ4n) is 3.86. The Hall–Kier alpha value is -2.81. The summed E-state index contributed by atoms with van der Waals surface area (Å²) in [6.07, 6.45) is 4.80. The fraction of sp³-hybridized carbons (Fsp3) is 0.429. The highest BCUT2D eigenvalue weighted by atomic mass is 32.2. The Morgan fingerprint density at radius 3 is 2.70 bits per heavy atom. The zero-order chi connectivity index (χ0) is 21.3.